The minimum atomic E-state index is 0. The van der Waals surface area contributed by atoms with Crippen molar-refractivity contribution in [3.8, 4) is 5.75 Å². The van der Waals surface area contributed by atoms with Crippen molar-refractivity contribution in [3.63, 3.8) is 0 Å². The molecule has 0 atom stereocenters. The molecule has 0 bridgehead atoms. The maximum Gasteiger partial charge on any atom is 0.223 e. The molecule has 2 fully saturated rings. The van der Waals surface area contributed by atoms with Crippen LogP contribution in [0.25, 0.3) is 10.9 Å². The summed E-state index contributed by atoms with van der Waals surface area (Å²) in [6.45, 7) is 1.90. The summed E-state index contributed by atoms with van der Waals surface area (Å²) in [6, 6.07) is 8.40. The Morgan fingerprint density at radius 1 is 1.19 bits per heavy atom. The molecular formula is C20H26ClN3O2. The van der Waals surface area contributed by atoms with Gasteiger partial charge in [0.2, 0.25) is 5.91 Å². The van der Waals surface area contributed by atoms with Crippen molar-refractivity contribution >= 4 is 34.9 Å². The van der Waals surface area contributed by atoms with E-state index in [2.05, 4.69) is 27.3 Å². The first kappa shape index (κ1) is 18.8. The summed E-state index contributed by atoms with van der Waals surface area (Å²) < 4.78 is 5.37. The van der Waals surface area contributed by atoms with Crippen molar-refractivity contribution in [2.24, 2.45) is 5.92 Å². The van der Waals surface area contributed by atoms with E-state index in [9.17, 15) is 4.79 Å². The van der Waals surface area contributed by atoms with Crippen molar-refractivity contribution in [2.75, 3.05) is 25.1 Å². The van der Waals surface area contributed by atoms with Crippen LogP contribution in [-0.4, -0.2) is 37.1 Å². The summed E-state index contributed by atoms with van der Waals surface area (Å²) in [7, 11) is 1.69. The van der Waals surface area contributed by atoms with Crippen molar-refractivity contribution in [2.45, 2.75) is 38.1 Å². The molecule has 1 aromatic heterocycles. The number of amides is 1. The number of fused-ring (bicyclic) bond motifs is 1. The first-order chi connectivity index (χ1) is 12.2. The molecule has 0 unspecified atom stereocenters. The number of benzene rings is 1. The quantitative estimate of drug-likeness (QED) is 0.887. The van der Waals surface area contributed by atoms with Gasteiger partial charge in [-0.05, 0) is 49.9 Å². The monoisotopic (exact) mass is 375 g/mol. The predicted octanol–water partition coefficient (Wildman–Crippen LogP) is 3.55. The molecule has 4 rings (SSSR count). The van der Waals surface area contributed by atoms with E-state index in [1.165, 1.54) is 12.1 Å². The molecule has 1 aliphatic heterocycles. The molecule has 1 N–H and O–H groups in total. The lowest BCUT2D eigenvalue weighted by Gasteiger charge is -2.35. The van der Waals surface area contributed by atoms with Gasteiger partial charge in [0, 0.05) is 42.3 Å². The topological polar surface area (TPSA) is 54.5 Å². The van der Waals surface area contributed by atoms with Crippen LogP contribution in [0.5, 0.6) is 5.75 Å². The van der Waals surface area contributed by atoms with Crippen LogP contribution in [0.15, 0.2) is 30.5 Å². The number of pyridine rings is 1. The number of hydrogen-bond donors (Lipinski definition) is 1. The average molecular weight is 376 g/mol. The molecule has 2 aliphatic rings. The third-order valence-electron chi connectivity index (χ3n) is 5.58. The molecule has 2 heterocycles. The number of halogens is 1. The number of carbonyl (C=O) groups excluding carboxylic acids is 1. The summed E-state index contributed by atoms with van der Waals surface area (Å²) in [6.07, 6.45) is 7.19. The van der Waals surface area contributed by atoms with E-state index in [0.717, 1.165) is 55.4 Å². The lowest BCUT2D eigenvalue weighted by atomic mass is 9.84. The number of methoxy groups -OCH3 is 1. The van der Waals surface area contributed by atoms with E-state index in [0.29, 0.717) is 6.04 Å². The fourth-order valence-corrected chi connectivity index (χ4v) is 3.77. The minimum absolute atomic E-state index is 0. The molecule has 1 saturated carbocycles. The van der Waals surface area contributed by atoms with Crippen LogP contribution < -0.4 is 15.0 Å². The van der Waals surface area contributed by atoms with Gasteiger partial charge in [-0.15, -0.1) is 12.4 Å². The fourth-order valence-electron chi connectivity index (χ4n) is 3.77. The van der Waals surface area contributed by atoms with Crippen molar-refractivity contribution in [3.05, 3.63) is 30.5 Å². The van der Waals surface area contributed by atoms with Gasteiger partial charge in [-0.3, -0.25) is 9.78 Å². The number of aromatic nitrogens is 1. The zero-order chi connectivity index (χ0) is 17.2. The lowest BCUT2D eigenvalue weighted by molar-refractivity contribution is -0.128. The van der Waals surface area contributed by atoms with Gasteiger partial charge in [0.15, 0.2) is 0 Å². The molecule has 1 aromatic carbocycles. The second-order valence-corrected chi connectivity index (χ2v) is 7.11. The van der Waals surface area contributed by atoms with Crippen LogP contribution in [0.1, 0.15) is 32.1 Å². The Balaban J connectivity index is 0.00000196. The highest BCUT2D eigenvalue weighted by Gasteiger charge is 2.28. The Hall–Kier alpha value is -2.01. The van der Waals surface area contributed by atoms with Crippen molar-refractivity contribution in [1.29, 1.82) is 0 Å². The maximum absolute atomic E-state index is 12.1. The number of carbonyl (C=O) groups is 1. The predicted molar refractivity (Wildman–Crippen MR) is 106 cm³/mol. The van der Waals surface area contributed by atoms with Gasteiger partial charge in [-0.25, -0.2) is 0 Å². The molecule has 0 spiro atoms. The first-order valence-electron chi connectivity index (χ1n) is 9.22. The number of nitrogens with one attached hydrogen (secondary N) is 1. The number of anilines is 1. The molecule has 26 heavy (non-hydrogen) atoms. The van der Waals surface area contributed by atoms with Crippen molar-refractivity contribution < 1.29 is 9.53 Å². The normalized spacial score (nSPS) is 18.1. The van der Waals surface area contributed by atoms with E-state index in [4.69, 9.17) is 4.74 Å². The summed E-state index contributed by atoms with van der Waals surface area (Å²) >= 11 is 0. The number of piperidine rings is 1. The zero-order valence-corrected chi connectivity index (χ0v) is 15.9. The van der Waals surface area contributed by atoms with Crippen molar-refractivity contribution in [1.82, 2.24) is 10.3 Å². The van der Waals surface area contributed by atoms with Crippen LogP contribution in [0.2, 0.25) is 0 Å². The molecule has 1 amide bonds. The number of rotatable bonds is 4. The number of hydrogen-bond acceptors (Lipinski definition) is 4. The molecule has 0 radical (unpaired) electrons. The highest BCUT2D eigenvalue weighted by molar-refractivity contribution is 5.92. The Bertz CT molecular complexity index is 771. The summed E-state index contributed by atoms with van der Waals surface area (Å²) in [5, 5.41) is 4.37. The lowest BCUT2D eigenvalue weighted by Crippen LogP contribution is -2.47. The molecular weight excluding hydrogens is 350 g/mol. The van der Waals surface area contributed by atoms with Gasteiger partial charge in [0.1, 0.15) is 5.75 Å². The largest absolute Gasteiger partial charge is 0.497 e. The summed E-state index contributed by atoms with van der Waals surface area (Å²) in [5.41, 5.74) is 2.19. The minimum Gasteiger partial charge on any atom is -0.497 e. The second kappa shape index (κ2) is 8.12. The number of nitrogens with zero attached hydrogens (tertiary/aromatic N) is 2. The van der Waals surface area contributed by atoms with E-state index < -0.39 is 0 Å². The molecule has 1 aliphatic carbocycles. The molecule has 5 nitrogen and oxygen atoms in total. The van der Waals surface area contributed by atoms with Crippen LogP contribution in [0.4, 0.5) is 5.69 Å². The highest BCUT2D eigenvalue weighted by atomic mass is 35.5. The second-order valence-electron chi connectivity index (χ2n) is 7.11. The molecule has 140 valence electrons. The average Bonchev–Trinajstić information content (AvgIpc) is 2.60. The third kappa shape index (κ3) is 3.73. The molecule has 2 aromatic rings. The van der Waals surface area contributed by atoms with Gasteiger partial charge in [0.25, 0.3) is 0 Å². The SMILES string of the molecule is COc1ccc2nccc(N3CCC(NC(=O)C4CCC4)CC3)c2c1.Cl. The zero-order valence-electron chi connectivity index (χ0n) is 15.1. The van der Waals surface area contributed by atoms with E-state index in [-0.39, 0.29) is 24.2 Å². The molecule has 1 saturated heterocycles. The van der Waals surface area contributed by atoms with Gasteiger partial charge in [-0.2, -0.15) is 0 Å². The van der Waals surface area contributed by atoms with Gasteiger partial charge >= 0.3 is 0 Å². The van der Waals surface area contributed by atoms with Crippen LogP contribution in [0.3, 0.4) is 0 Å². The first-order valence-corrected chi connectivity index (χ1v) is 9.22. The highest BCUT2D eigenvalue weighted by Crippen LogP contribution is 2.31. The van der Waals surface area contributed by atoms with E-state index in [1.807, 2.05) is 18.3 Å². The Kier molecular flexibility index (Phi) is 5.87. The Morgan fingerprint density at radius 3 is 2.62 bits per heavy atom. The third-order valence-corrected chi connectivity index (χ3v) is 5.58. The molecule has 6 heteroatoms. The Morgan fingerprint density at radius 2 is 1.96 bits per heavy atom. The van der Waals surface area contributed by atoms with Crippen LogP contribution in [0, 0.1) is 5.92 Å². The summed E-state index contributed by atoms with van der Waals surface area (Å²) in [4.78, 5) is 19.0. The van der Waals surface area contributed by atoms with Gasteiger partial charge in [-0.1, -0.05) is 6.42 Å². The maximum atomic E-state index is 12.1. The Labute approximate surface area is 160 Å². The standard InChI is InChI=1S/C20H25N3O2.ClH/c1-25-16-5-6-18-17(13-16)19(7-10-21-18)23-11-8-15(9-12-23)22-20(24)14-3-2-4-14;/h5-7,10,13-15H,2-4,8-9,11-12H2,1H3,(H,22,24);1H. The van der Waals surface area contributed by atoms with Crippen LogP contribution in [-0.2, 0) is 4.79 Å². The van der Waals surface area contributed by atoms with Crippen LogP contribution >= 0.6 is 12.4 Å². The van der Waals surface area contributed by atoms with E-state index in [1.54, 1.807) is 7.11 Å². The van der Waals surface area contributed by atoms with E-state index >= 15 is 0 Å². The smallest absolute Gasteiger partial charge is 0.223 e. The number of ether oxygens (including phenoxy) is 1. The van der Waals surface area contributed by atoms with Gasteiger partial charge < -0.3 is 15.0 Å². The van der Waals surface area contributed by atoms with Gasteiger partial charge in [0.05, 0.1) is 12.6 Å². The fraction of sp³-hybridized carbons (Fsp3) is 0.500. The summed E-state index contributed by atoms with van der Waals surface area (Å²) in [5.74, 6) is 1.39.